The van der Waals surface area contributed by atoms with Gasteiger partial charge in [0.15, 0.2) is 0 Å². The molecule has 3 aromatic rings. The lowest BCUT2D eigenvalue weighted by Crippen LogP contribution is -2.38. The van der Waals surface area contributed by atoms with Crippen molar-refractivity contribution in [1.29, 1.82) is 0 Å². The van der Waals surface area contributed by atoms with Crippen molar-refractivity contribution in [2.45, 2.75) is 26.3 Å². The topological polar surface area (TPSA) is 50.2 Å². The number of hydrogen-bond acceptors (Lipinski definition) is 4. The van der Waals surface area contributed by atoms with Crippen molar-refractivity contribution in [2.75, 3.05) is 19.6 Å². The van der Waals surface area contributed by atoms with E-state index in [4.69, 9.17) is 0 Å². The van der Waals surface area contributed by atoms with Gasteiger partial charge in [-0.15, -0.1) is 11.3 Å². The van der Waals surface area contributed by atoms with E-state index in [-0.39, 0.29) is 11.7 Å². The lowest BCUT2D eigenvalue weighted by Gasteiger charge is -2.31. The van der Waals surface area contributed by atoms with Crippen molar-refractivity contribution in [1.82, 2.24) is 20.0 Å². The molecule has 1 amide bonds. The maximum absolute atomic E-state index is 13.1. The number of thiophene rings is 1. The molecule has 7 heteroatoms. The molecule has 29 heavy (non-hydrogen) atoms. The zero-order chi connectivity index (χ0) is 20.2. The van der Waals surface area contributed by atoms with E-state index < -0.39 is 0 Å². The maximum Gasteiger partial charge on any atom is 0.254 e. The minimum absolute atomic E-state index is 0.100. The van der Waals surface area contributed by atoms with Gasteiger partial charge in [-0.1, -0.05) is 6.07 Å². The summed E-state index contributed by atoms with van der Waals surface area (Å²) in [5, 5.41) is 9.50. The number of rotatable bonds is 6. The molecule has 3 heterocycles. The van der Waals surface area contributed by atoms with E-state index in [1.807, 2.05) is 6.92 Å². The number of carbonyl (C=O) groups is 1. The number of nitrogens with one attached hydrogen (secondary N) is 1. The molecule has 0 atom stereocenters. The average molecular weight is 413 g/mol. The van der Waals surface area contributed by atoms with Gasteiger partial charge in [-0.3, -0.25) is 9.69 Å². The minimum Gasteiger partial charge on any atom is -0.352 e. The molecular weight excluding hydrogens is 387 g/mol. The fourth-order valence-corrected chi connectivity index (χ4v) is 4.53. The largest absolute Gasteiger partial charge is 0.352 e. The van der Waals surface area contributed by atoms with E-state index in [0.29, 0.717) is 18.0 Å². The molecule has 0 spiro atoms. The average Bonchev–Trinajstić information content (AvgIpc) is 3.38. The van der Waals surface area contributed by atoms with Crippen molar-refractivity contribution in [3.63, 3.8) is 0 Å². The highest BCUT2D eigenvalue weighted by molar-refractivity contribution is 7.09. The van der Waals surface area contributed by atoms with E-state index in [1.54, 1.807) is 34.3 Å². The quantitative estimate of drug-likeness (QED) is 0.665. The fraction of sp³-hybridized carbons (Fsp3) is 0.364. The molecular formula is C22H25FN4OS. The highest BCUT2D eigenvalue weighted by atomic mass is 32.1. The molecule has 1 aliphatic rings. The van der Waals surface area contributed by atoms with E-state index in [0.717, 1.165) is 43.9 Å². The fourth-order valence-electron chi connectivity index (χ4n) is 3.78. The second-order valence-electron chi connectivity index (χ2n) is 7.54. The Kier molecular flexibility index (Phi) is 6.06. The first kappa shape index (κ1) is 19.8. The number of likely N-dealkylation sites (tertiary alicyclic amines) is 1. The van der Waals surface area contributed by atoms with Crippen LogP contribution < -0.4 is 5.32 Å². The van der Waals surface area contributed by atoms with Gasteiger partial charge >= 0.3 is 0 Å². The predicted molar refractivity (Wildman–Crippen MR) is 113 cm³/mol. The predicted octanol–water partition coefficient (Wildman–Crippen LogP) is 4.02. The van der Waals surface area contributed by atoms with Gasteiger partial charge in [0.25, 0.3) is 5.91 Å². The number of nitrogens with zero attached hydrogens (tertiary/aromatic N) is 3. The Hall–Kier alpha value is -2.51. The molecule has 2 aromatic heterocycles. The zero-order valence-electron chi connectivity index (χ0n) is 16.5. The molecule has 1 aliphatic heterocycles. The third-order valence-corrected chi connectivity index (χ3v) is 6.40. The van der Waals surface area contributed by atoms with Gasteiger partial charge in [0.1, 0.15) is 5.82 Å². The van der Waals surface area contributed by atoms with Crippen LogP contribution in [-0.2, 0) is 6.54 Å². The van der Waals surface area contributed by atoms with Gasteiger partial charge in [-0.05, 0) is 74.5 Å². The van der Waals surface area contributed by atoms with Gasteiger partial charge in [-0.25, -0.2) is 9.07 Å². The van der Waals surface area contributed by atoms with Crippen LogP contribution in [0.2, 0.25) is 0 Å². The number of piperidine rings is 1. The summed E-state index contributed by atoms with van der Waals surface area (Å²) in [5.41, 5.74) is 2.05. The Labute approximate surface area is 174 Å². The van der Waals surface area contributed by atoms with Crippen LogP contribution in [0.5, 0.6) is 0 Å². The monoisotopic (exact) mass is 412 g/mol. The van der Waals surface area contributed by atoms with Crippen LogP contribution in [-0.4, -0.2) is 40.2 Å². The summed E-state index contributed by atoms with van der Waals surface area (Å²) < 4.78 is 14.8. The Morgan fingerprint density at radius 2 is 2.00 bits per heavy atom. The van der Waals surface area contributed by atoms with Crippen LogP contribution in [0.15, 0.2) is 48.0 Å². The lowest BCUT2D eigenvalue weighted by atomic mass is 9.96. The minimum atomic E-state index is -0.294. The molecule has 152 valence electrons. The number of aromatic nitrogens is 2. The summed E-state index contributed by atoms with van der Waals surface area (Å²) >= 11 is 1.81. The van der Waals surface area contributed by atoms with Crippen LogP contribution in [0, 0.1) is 18.7 Å². The van der Waals surface area contributed by atoms with Gasteiger partial charge in [0.2, 0.25) is 0 Å². The van der Waals surface area contributed by atoms with E-state index in [1.165, 1.54) is 17.0 Å². The molecule has 0 saturated carbocycles. The standard InChI is InChI=1S/C22H25FN4OS/c1-16-21(14-25-27(16)19-6-4-18(23)5-7-19)22(28)24-13-17-8-10-26(11-9-17)15-20-3-2-12-29-20/h2-7,12,14,17H,8-11,13,15H2,1H3,(H,24,28). The van der Waals surface area contributed by atoms with Crippen molar-refractivity contribution in [2.24, 2.45) is 5.92 Å². The lowest BCUT2D eigenvalue weighted by molar-refractivity contribution is 0.0934. The molecule has 1 fully saturated rings. The Morgan fingerprint density at radius 3 is 2.69 bits per heavy atom. The molecule has 1 aromatic carbocycles. The van der Waals surface area contributed by atoms with Gasteiger partial charge < -0.3 is 5.32 Å². The summed E-state index contributed by atoms with van der Waals surface area (Å²) in [4.78, 5) is 16.5. The molecule has 0 aliphatic carbocycles. The maximum atomic E-state index is 13.1. The summed E-state index contributed by atoms with van der Waals surface area (Å²) in [6.45, 7) is 5.71. The summed E-state index contributed by atoms with van der Waals surface area (Å²) in [5.74, 6) is 0.112. The molecule has 4 rings (SSSR count). The first-order valence-corrected chi connectivity index (χ1v) is 10.8. The Bertz CT molecular complexity index is 944. The molecule has 0 unspecified atom stereocenters. The van der Waals surface area contributed by atoms with Gasteiger partial charge in [0.05, 0.1) is 23.1 Å². The van der Waals surface area contributed by atoms with Crippen molar-refractivity contribution in [3.05, 3.63) is 69.9 Å². The summed E-state index contributed by atoms with van der Waals surface area (Å²) in [6.07, 6.45) is 3.77. The normalized spacial score (nSPS) is 15.5. The summed E-state index contributed by atoms with van der Waals surface area (Å²) in [6, 6.07) is 10.4. The van der Waals surface area contributed by atoms with E-state index in [2.05, 4.69) is 32.8 Å². The van der Waals surface area contributed by atoms with Gasteiger partial charge in [0, 0.05) is 18.0 Å². The Morgan fingerprint density at radius 1 is 1.24 bits per heavy atom. The second kappa shape index (κ2) is 8.88. The van der Waals surface area contributed by atoms with Crippen molar-refractivity contribution >= 4 is 17.2 Å². The number of amides is 1. The molecule has 0 bridgehead atoms. The summed E-state index contributed by atoms with van der Waals surface area (Å²) in [7, 11) is 0. The van der Waals surface area contributed by atoms with Crippen LogP contribution in [0.1, 0.15) is 33.8 Å². The van der Waals surface area contributed by atoms with E-state index in [9.17, 15) is 9.18 Å². The van der Waals surface area contributed by atoms with Crippen molar-refractivity contribution < 1.29 is 9.18 Å². The molecule has 1 saturated heterocycles. The molecule has 1 N–H and O–H groups in total. The molecule has 5 nitrogen and oxygen atoms in total. The third kappa shape index (κ3) is 4.74. The highest BCUT2D eigenvalue weighted by Crippen LogP contribution is 2.21. The zero-order valence-corrected chi connectivity index (χ0v) is 17.3. The number of benzene rings is 1. The Balaban J connectivity index is 1.29. The third-order valence-electron chi connectivity index (χ3n) is 5.54. The number of hydrogen-bond donors (Lipinski definition) is 1. The highest BCUT2D eigenvalue weighted by Gasteiger charge is 2.21. The first-order valence-electron chi connectivity index (χ1n) is 9.93. The van der Waals surface area contributed by atoms with Crippen LogP contribution in [0.25, 0.3) is 5.69 Å². The number of carbonyl (C=O) groups excluding carboxylic acids is 1. The second-order valence-corrected chi connectivity index (χ2v) is 8.57. The van der Waals surface area contributed by atoms with Crippen LogP contribution in [0.4, 0.5) is 4.39 Å². The first-order chi connectivity index (χ1) is 14.1. The van der Waals surface area contributed by atoms with E-state index >= 15 is 0 Å². The smallest absolute Gasteiger partial charge is 0.254 e. The van der Waals surface area contributed by atoms with Crippen LogP contribution in [0.3, 0.4) is 0 Å². The SMILES string of the molecule is Cc1c(C(=O)NCC2CCN(Cc3cccs3)CC2)cnn1-c1ccc(F)cc1. The number of halogens is 1. The van der Waals surface area contributed by atoms with Crippen molar-refractivity contribution in [3.8, 4) is 5.69 Å². The molecule has 0 radical (unpaired) electrons. The van der Waals surface area contributed by atoms with Gasteiger partial charge in [-0.2, -0.15) is 5.10 Å². The van der Waals surface area contributed by atoms with Crippen LogP contribution >= 0.6 is 11.3 Å².